The summed E-state index contributed by atoms with van der Waals surface area (Å²) < 4.78 is 12.0. The van der Waals surface area contributed by atoms with Crippen molar-refractivity contribution in [3.05, 3.63) is 50.4 Å². The molecule has 0 heterocycles. The highest BCUT2D eigenvalue weighted by Crippen LogP contribution is 2.41. The van der Waals surface area contributed by atoms with Gasteiger partial charge in [0.2, 0.25) is 0 Å². The van der Waals surface area contributed by atoms with Crippen LogP contribution in [0.5, 0.6) is 11.5 Å². The molecule has 0 radical (unpaired) electrons. The number of amides is 1. The average Bonchev–Trinajstić information content (AvgIpc) is 2.55. The molecule has 0 aliphatic rings. The molecule has 2 aromatic carbocycles. The van der Waals surface area contributed by atoms with Crippen LogP contribution < -0.4 is 20.6 Å². The van der Waals surface area contributed by atoms with E-state index in [2.05, 4.69) is 42.4 Å². The van der Waals surface area contributed by atoms with Gasteiger partial charge in [-0.15, -0.1) is 0 Å². The van der Waals surface area contributed by atoms with E-state index in [0.717, 1.165) is 4.47 Å². The Morgan fingerprint density at radius 2 is 1.92 bits per heavy atom. The van der Waals surface area contributed by atoms with Crippen molar-refractivity contribution < 1.29 is 14.3 Å². The molecule has 0 atom stereocenters. The molecule has 24 heavy (non-hydrogen) atoms. The Labute approximate surface area is 156 Å². The zero-order valence-electron chi connectivity index (χ0n) is 13.0. The van der Waals surface area contributed by atoms with Gasteiger partial charge in [-0.25, -0.2) is 5.43 Å². The van der Waals surface area contributed by atoms with Crippen LogP contribution in [0.25, 0.3) is 0 Å². The summed E-state index contributed by atoms with van der Waals surface area (Å²) in [6.45, 7) is 0. The van der Waals surface area contributed by atoms with Crippen LogP contribution in [-0.4, -0.2) is 26.3 Å². The molecule has 0 spiro atoms. The number of hydrazone groups is 1. The molecule has 1 amide bonds. The Bertz CT molecular complexity index is 794. The first-order chi connectivity index (χ1) is 11.5. The highest BCUT2D eigenvalue weighted by molar-refractivity contribution is 9.11. The lowest BCUT2D eigenvalue weighted by Gasteiger charge is -2.12. The second-order valence-corrected chi connectivity index (χ2v) is 6.30. The predicted molar refractivity (Wildman–Crippen MR) is 101 cm³/mol. The van der Waals surface area contributed by atoms with Crippen LogP contribution >= 0.6 is 31.9 Å². The number of anilines is 1. The van der Waals surface area contributed by atoms with Gasteiger partial charge in [-0.1, -0.05) is 6.07 Å². The van der Waals surface area contributed by atoms with Crippen LogP contribution in [0.4, 0.5) is 5.69 Å². The van der Waals surface area contributed by atoms with E-state index in [1.165, 1.54) is 13.3 Å². The zero-order chi connectivity index (χ0) is 17.7. The van der Waals surface area contributed by atoms with Gasteiger partial charge in [0.15, 0.2) is 5.75 Å². The van der Waals surface area contributed by atoms with Crippen molar-refractivity contribution in [2.75, 3.05) is 20.0 Å². The number of nitrogens with one attached hydrogen (secondary N) is 1. The fourth-order valence-corrected chi connectivity index (χ4v) is 3.64. The molecule has 0 bridgehead atoms. The molecule has 0 fully saturated rings. The van der Waals surface area contributed by atoms with Gasteiger partial charge in [0.1, 0.15) is 10.2 Å². The molecule has 2 rings (SSSR count). The Balaban J connectivity index is 2.21. The topological polar surface area (TPSA) is 85.9 Å². The standard InChI is InChI=1S/C16H15Br2N3O3/c1-23-14-10(7-12(17)15(24-2)13(14)18)8-20-21-16(22)9-4-3-5-11(19)6-9/h3-8H,19H2,1-2H3,(H,21,22)/b20-8-. The summed E-state index contributed by atoms with van der Waals surface area (Å²) in [7, 11) is 3.10. The molecule has 0 unspecified atom stereocenters. The Hall–Kier alpha value is -2.06. The maximum Gasteiger partial charge on any atom is 0.271 e. The van der Waals surface area contributed by atoms with Crippen molar-refractivity contribution in [3.63, 3.8) is 0 Å². The van der Waals surface area contributed by atoms with E-state index < -0.39 is 0 Å². The lowest BCUT2D eigenvalue weighted by molar-refractivity contribution is 0.0955. The lowest BCUT2D eigenvalue weighted by atomic mass is 10.2. The van der Waals surface area contributed by atoms with Gasteiger partial charge in [0.25, 0.3) is 5.91 Å². The van der Waals surface area contributed by atoms with Crippen LogP contribution in [0.2, 0.25) is 0 Å². The normalized spacial score (nSPS) is 10.7. The minimum atomic E-state index is -0.357. The van der Waals surface area contributed by atoms with Crippen molar-refractivity contribution in [3.8, 4) is 11.5 Å². The van der Waals surface area contributed by atoms with Gasteiger partial charge in [-0.05, 0) is 56.1 Å². The van der Waals surface area contributed by atoms with Crippen LogP contribution in [0.3, 0.4) is 0 Å². The number of benzene rings is 2. The summed E-state index contributed by atoms with van der Waals surface area (Å²) in [6.07, 6.45) is 1.48. The van der Waals surface area contributed by atoms with Crippen LogP contribution in [0.1, 0.15) is 15.9 Å². The number of ether oxygens (including phenoxy) is 2. The number of carbonyl (C=O) groups is 1. The van der Waals surface area contributed by atoms with Crippen LogP contribution in [0, 0.1) is 0 Å². The van der Waals surface area contributed by atoms with Gasteiger partial charge in [0.05, 0.1) is 24.9 Å². The maximum atomic E-state index is 12.0. The molecule has 0 aliphatic heterocycles. The van der Waals surface area contributed by atoms with E-state index in [1.54, 1.807) is 37.4 Å². The smallest absolute Gasteiger partial charge is 0.271 e. The minimum Gasteiger partial charge on any atom is -0.495 e. The molecule has 126 valence electrons. The first kappa shape index (κ1) is 18.3. The molecule has 3 N–H and O–H groups in total. The number of rotatable bonds is 5. The summed E-state index contributed by atoms with van der Waals surface area (Å²) in [4.78, 5) is 12.0. The SMILES string of the molecule is COc1c(Br)cc(/C=N\NC(=O)c2cccc(N)c2)c(OC)c1Br. The average molecular weight is 457 g/mol. The zero-order valence-corrected chi connectivity index (χ0v) is 16.1. The quantitative estimate of drug-likeness (QED) is 0.409. The van der Waals surface area contributed by atoms with E-state index in [-0.39, 0.29) is 5.91 Å². The van der Waals surface area contributed by atoms with E-state index in [1.807, 2.05) is 0 Å². The molecule has 0 aromatic heterocycles. The number of halogens is 2. The van der Waals surface area contributed by atoms with Gasteiger partial charge < -0.3 is 15.2 Å². The van der Waals surface area contributed by atoms with E-state index in [4.69, 9.17) is 15.2 Å². The second kappa shape index (κ2) is 8.16. The Morgan fingerprint density at radius 3 is 2.54 bits per heavy atom. The van der Waals surface area contributed by atoms with Crippen molar-refractivity contribution >= 4 is 49.7 Å². The maximum absolute atomic E-state index is 12.0. The number of hydrogen-bond acceptors (Lipinski definition) is 5. The van der Waals surface area contributed by atoms with Crippen molar-refractivity contribution in [2.45, 2.75) is 0 Å². The Morgan fingerprint density at radius 1 is 1.21 bits per heavy atom. The summed E-state index contributed by atoms with van der Waals surface area (Å²) in [6, 6.07) is 8.42. The highest BCUT2D eigenvalue weighted by atomic mass is 79.9. The van der Waals surface area contributed by atoms with E-state index in [0.29, 0.717) is 32.8 Å². The third kappa shape index (κ3) is 4.07. The molecule has 8 heteroatoms. The Kier molecular flexibility index (Phi) is 6.22. The van der Waals surface area contributed by atoms with E-state index in [9.17, 15) is 4.79 Å². The fraction of sp³-hybridized carbons (Fsp3) is 0.125. The third-order valence-electron chi connectivity index (χ3n) is 3.09. The molecule has 6 nitrogen and oxygen atoms in total. The first-order valence-electron chi connectivity index (χ1n) is 6.76. The highest BCUT2D eigenvalue weighted by Gasteiger charge is 2.15. The predicted octanol–water partition coefficient (Wildman–Crippen LogP) is 3.57. The number of hydrogen-bond donors (Lipinski definition) is 2. The molecular formula is C16H15Br2N3O3. The molecule has 0 aliphatic carbocycles. The van der Waals surface area contributed by atoms with Crippen LogP contribution in [-0.2, 0) is 0 Å². The second-order valence-electron chi connectivity index (χ2n) is 4.65. The minimum absolute atomic E-state index is 0.357. The molecule has 0 saturated carbocycles. The third-order valence-corrected chi connectivity index (χ3v) is 4.40. The first-order valence-corrected chi connectivity index (χ1v) is 8.35. The summed E-state index contributed by atoms with van der Waals surface area (Å²) in [5.74, 6) is 0.786. The van der Waals surface area contributed by atoms with Gasteiger partial charge >= 0.3 is 0 Å². The van der Waals surface area contributed by atoms with Crippen molar-refractivity contribution in [2.24, 2.45) is 5.10 Å². The number of nitrogen functional groups attached to an aromatic ring is 1. The monoisotopic (exact) mass is 455 g/mol. The number of nitrogens with zero attached hydrogens (tertiary/aromatic N) is 1. The number of carbonyl (C=O) groups excluding carboxylic acids is 1. The van der Waals surface area contributed by atoms with E-state index >= 15 is 0 Å². The summed E-state index contributed by atoms with van der Waals surface area (Å²) in [5.41, 5.74) is 9.70. The van der Waals surface area contributed by atoms with Gasteiger partial charge in [-0.2, -0.15) is 5.10 Å². The van der Waals surface area contributed by atoms with Gasteiger partial charge in [0, 0.05) is 16.8 Å². The summed E-state index contributed by atoms with van der Waals surface area (Å²) in [5, 5.41) is 3.97. The van der Waals surface area contributed by atoms with Crippen molar-refractivity contribution in [1.29, 1.82) is 0 Å². The summed E-state index contributed by atoms with van der Waals surface area (Å²) >= 11 is 6.84. The molecule has 0 saturated heterocycles. The van der Waals surface area contributed by atoms with Crippen LogP contribution in [0.15, 0.2) is 44.4 Å². The molecular weight excluding hydrogens is 442 g/mol. The lowest BCUT2D eigenvalue weighted by Crippen LogP contribution is -2.17. The number of nitrogens with two attached hydrogens (primary N) is 1. The largest absolute Gasteiger partial charge is 0.495 e. The number of methoxy groups -OCH3 is 2. The van der Waals surface area contributed by atoms with Gasteiger partial charge in [-0.3, -0.25) is 4.79 Å². The molecule has 2 aromatic rings. The fourth-order valence-electron chi connectivity index (χ4n) is 2.00. The van der Waals surface area contributed by atoms with Crippen molar-refractivity contribution in [1.82, 2.24) is 5.43 Å².